The smallest absolute Gasteiger partial charge is 0.348 e. The molecule has 2 rings (SSSR count). The van der Waals surface area contributed by atoms with Crippen LogP contribution in [0.15, 0.2) is 70.5 Å². The predicted molar refractivity (Wildman–Crippen MR) is 97.1 cm³/mol. The molecule has 4 heteroatoms. The highest BCUT2D eigenvalue weighted by atomic mass is 32.2. The average Bonchev–Trinajstić information content (AvgIpc) is 2.60. The fraction of sp³-hybridized carbons (Fsp3) is 0.150. The Hall–Kier alpha value is -2.64. The lowest BCUT2D eigenvalue weighted by Gasteiger charge is -2.15. The maximum Gasteiger partial charge on any atom is 0.348 e. The number of rotatable bonds is 6. The lowest BCUT2D eigenvalue weighted by Crippen LogP contribution is -2.25. The van der Waals surface area contributed by atoms with Gasteiger partial charge in [0.2, 0.25) is 0 Å². The van der Waals surface area contributed by atoms with E-state index in [0.29, 0.717) is 6.42 Å². The van der Waals surface area contributed by atoms with Gasteiger partial charge >= 0.3 is 5.97 Å². The Morgan fingerprint density at radius 2 is 1.50 bits per heavy atom. The van der Waals surface area contributed by atoms with Crippen LogP contribution in [0.4, 0.5) is 0 Å². The summed E-state index contributed by atoms with van der Waals surface area (Å²) in [5.74, 6) is 1.52. The second-order valence-electron chi connectivity index (χ2n) is 4.91. The zero-order valence-electron chi connectivity index (χ0n) is 13.4. The quantitative estimate of drug-likeness (QED) is 0.265. The third kappa shape index (κ3) is 4.43. The van der Waals surface area contributed by atoms with Gasteiger partial charge in [0.1, 0.15) is 11.5 Å². The first-order chi connectivity index (χ1) is 11.6. The highest BCUT2D eigenvalue weighted by Crippen LogP contribution is 2.37. The molecule has 0 saturated carbocycles. The van der Waals surface area contributed by atoms with Gasteiger partial charge in [-0.3, -0.25) is 4.79 Å². The van der Waals surface area contributed by atoms with Gasteiger partial charge in [0, 0.05) is 16.2 Å². The first kappa shape index (κ1) is 17.7. The van der Waals surface area contributed by atoms with Gasteiger partial charge < -0.3 is 4.74 Å². The van der Waals surface area contributed by atoms with Gasteiger partial charge in [-0.05, 0) is 31.2 Å². The summed E-state index contributed by atoms with van der Waals surface area (Å²) in [6.45, 7) is 1.50. The fourth-order valence-corrected chi connectivity index (χ4v) is 4.24. The Bertz CT molecular complexity index is 745. The third-order valence-electron chi connectivity index (χ3n) is 3.15. The number of terminal acetylenes is 1. The van der Waals surface area contributed by atoms with Crippen molar-refractivity contribution in [3.8, 4) is 12.3 Å². The van der Waals surface area contributed by atoms with Crippen LogP contribution in [-0.2, 0) is 14.3 Å². The van der Waals surface area contributed by atoms with Gasteiger partial charge in [-0.2, -0.15) is 0 Å². The molecule has 2 aromatic rings. The zero-order valence-corrected chi connectivity index (χ0v) is 14.2. The number of esters is 1. The van der Waals surface area contributed by atoms with E-state index in [-0.39, 0.29) is 17.3 Å². The zero-order chi connectivity index (χ0) is 17.4. The van der Waals surface area contributed by atoms with Crippen molar-refractivity contribution >= 4 is 27.1 Å². The van der Waals surface area contributed by atoms with Gasteiger partial charge in [-0.1, -0.05) is 36.4 Å². The summed E-state index contributed by atoms with van der Waals surface area (Å²) in [6, 6.07) is 19.0. The molecule has 0 fully saturated rings. The Morgan fingerprint density at radius 3 is 1.92 bits per heavy atom. The molecule has 0 atom stereocenters. The van der Waals surface area contributed by atoms with Crippen LogP contribution in [0.2, 0.25) is 0 Å². The van der Waals surface area contributed by atoms with Crippen molar-refractivity contribution in [1.29, 1.82) is 0 Å². The van der Waals surface area contributed by atoms with Gasteiger partial charge in [-0.15, -0.1) is 22.8 Å². The molecule has 122 valence electrons. The number of carbonyl (C=O) groups excluding carboxylic acids is 2. The van der Waals surface area contributed by atoms with Gasteiger partial charge in [0.25, 0.3) is 0 Å². The molecule has 0 amide bonds. The highest BCUT2D eigenvalue weighted by molar-refractivity contribution is 8.18. The normalized spacial score (nSPS) is 10.0. The summed E-state index contributed by atoms with van der Waals surface area (Å²) < 4.78 is 5.20. The number of hydrogen-bond donors (Lipinski definition) is 0. The lowest BCUT2D eigenvalue weighted by molar-refractivity contribution is -0.135. The van der Waals surface area contributed by atoms with Crippen molar-refractivity contribution in [3.63, 3.8) is 0 Å². The minimum Gasteiger partial charge on any atom is -0.461 e. The van der Waals surface area contributed by atoms with Crippen molar-refractivity contribution in [1.82, 2.24) is 0 Å². The molecule has 0 saturated heterocycles. The van der Waals surface area contributed by atoms with E-state index < -0.39 is 16.5 Å². The number of ketones is 1. The maximum absolute atomic E-state index is 12.5. The van der Waals surface area contributed by atoms with Crippen LogP contribution in [-0.4, -0.2) is 23.2 Å². The van der Waals surface area contributed by atoms with Crippen molar-refractivity contribution in [2.24, 2.45) is 0 Å². The van der Waals surface area contributed by atoms with E-state index in [0.717, 1.165) is 9.79 Å². The van der Waals surface area contributed by atoms with Crippen molar-refractivity contribution in [3.05, 3.63) is 60.7 Å². The maximum atomic E-state index is 12.5. The summed E-state index contributed by atoms with van der Waals surface area (Å²) in [6.07, 6.45) is 5.50. The first-order valence-corrected chi connectivity index (χ1v) is 8.70. The third-order valence-corrected chi connectivity index (χ3v) is 5.50. The average molecular weight is 338 g/mol. The van der Waals surface area contributed by atoms with Crippen LogP contribution in [0.25, 0.3) is 0 Å². The van der Waals surface area contributed by atoms with Gasteiger partial charge in [0.15, 0.2) is 5.78 Å². The minimum absolute atomic E-state index is 0.104. The Kier molecular flexibility index (Phi) is 6.53. The van der Waals surface area contributed by atoms with Crippen molar-refractivity contribution in [2.75, 3.05) is 6.61 Å². The number of carbonyl (C=O) groups is 2. The topological polar surface area (TPSA) is 43.4 Å². The van der Waals surface area contributed by atoms with Gasteiger partial charge in [0.05, 0.1) is 0 Å². The molecule has 0 radical (unpaired) electrons. The number of Topliss-reactive ketones (excluding diaryl/α,β-unsaturated/α-hetero) is 1. The molecule has 0 aromatic heterocycles. The molecule has 0 spiro atoms. The van der Waals surface area contributed by atoms with E-state index in [1.54, 1.807) is 0 Å². The van der Waals surface area contributed by atoms with Crippen LogP contribution in [0.5, 0.6) is 0 Å². The van der Waals surface area contributed by atoms with E-state index in [1.807, 2.05) is 60.7 Å². The molecule has 0 aliphatic heterocycles. The predicted octanol–water partition coefficient (Wildman–Crippen LogP) is 3.70. The Labute approximate surface area is 144 Å². The molecular formula is C20H18O3S. The molecule has 0 aliphatic carbocycles. The molecule has 0 bridgehead atoms. The fourth-order valence-electron chi connectivity index (χ4n) is 2.12. The van der Waals surface area contributed by atoms with E-state index >= 15 is 0 Å². The minimum atomic E-state index is -0.814. The SMILES string of the molecule is C#CCCOC(=O)C(C(C)=O)=S(c1ccccc1)c1ccccc1. The standard InChI is InChI=1S/C20H18O3S/c1-3-4-15-23-20(22)19(16(2)21)24(17-11-7-5-8-12-17)18-13-9-6-10-14-18/h1,5-14H,4,15H2,2H3. The summed E-state index contributed by atoms with van der Waals surface area (Å²) in [7, 11) is -0.814. The molecular weight excluding hydrogens is 320 g/mol. The van der Waals surface area contributed by atoms with E-state index in [4.69, 9.17) is 11.2 Å². The molecule has 24 heavy (non-hydrogen) atoms. The van der Waals surface area contributed by atoms with Crippen LogP contribution in [0, 0.1) is 12.3 Å². The summed E-state index contributed by atoms with van der Waals surface area (Å²) in [4.78, 5) is 26.7. The van der Waals surface area contributed by atoms with Crippen molar-refractivity contribution in [2.45, 2.75) is 23.1 Å². The molecule has 0 N–H and O–H groups in total. The summed E-state index contributed by atoms with van der Waals surface area (Å²) >= 11 is 0. The summed E-state index contributed by atoms with van der Waals surface area (Å²) in [5.41, 5.74) is 0. The Balaban J connectivity index is 2.60. The lowest BCUT2D eigenvalue weighted by atomic mass is 10.3. The second-order valence-corrected chi connectivity index (χ2v) is 6.87. The molecule has 2 aromatic carbocycles. The van der Waals surface area contributed by atoms with E-state index in [1.165, 1.54) is 6.92 Å². The molecule has 3 nitrogen and oxygen atoms in total. The van der Waals surface area contributed by atoms with E-state index in [2.05, 4.69) is 5.92 Å². The Morgan fingerprint density at radius 1 is 1.00 bits per heavy atom. The molecule has 0 aliphatic rings. The number of hydrogen-bond acceptors (Lipinski definition) is 3. The van der Waals surface area contributed by atoms with E-state index in [9.17, 15) is 9.59 Å². The second kappa shape index (κ2) is 8.85. The first-order valence-electron chi connectivity index (χ1n) is 7.48. The summed E-state index contributed by atoms with van der Waals surface area (Å²) in [5, 5.41) is 0. The monoisotopic (exact) mass is 338 g/mol. The van der Waals surface area contributed by atoms with Crippen LogP contribution >= 0.6 is 10.5 Å². The van der Waals surface area contributed by atoms with Crippen LogP contribution < -0.4 is 0 Å². The van der Waals surface area contributed by atoms with Crippen LogP contribution in [0.1, 0.15) is 13.3 Å². The molecule has 0 unspecified atom stereocenters. The van der Waals surface area contributed by atoms with Gasteiger partial charge in [-0.25, -0.2) is 4.79 Å². The molecule has 0 heterocycles. The largest absolute Gasteiger partial charge is 0.461 e. The van der Waals surface area contributed by atoms with Crippen molar-refractivity contribution < 1.29 is 14.3 Å². The highest BCUT2D eigenvalue weighted by Gasteiger charge is 2.23. The number of benzene rings is 2. The van der Waals surface area contributed by atoms with Crippen LogP contribution in [0.3, 0.4) is 0 Å². The number of ether oxygens (including phenoxy) is 1.